The Morgan fingerprint density at radius 1 is 1.25 bits per heavy atom. The summed E-state index contributed by atoms with van der Waals surface area (Å²) in [4.78, 5) is 23.4. The Hall–Kier alpha value is -3.15. The lowest BCUT2D eigenvalue weighted by molar-refractivity contribution is -0.138. The number of aromatic nitrogens is 1. The summed E-state index contributed by atoms with van der Waals surface area (Å²) < 4.78 is 51.6. The van der Waals surface area contributed by atoms with Gasteiger partial charge >= 0.3 is 6.18 Å². The van der Waals surface area contributed by atoms with Gasteiger partial charge in [-0.2, -0.15) is 18.4 Å². The maximum absolute atomic E-state index is 13.2. The first kappa shape index (κ1) is 17.2. The molecule has 24 heavy (non-hydrogen) atoms. The first-order valence-corrected chi connectivity index (χ1v) is 6.48. The van der Waals surface area contributed by atoms with Gasteiger partial charge in [0.05, 0.1) is 11.1 Å². The second-order valence-corrected chi connectivity index (χ2v) is 4.74. The molecule has 9 heteroatoms. The van der Waals surface area contributed by atoms with Crippen LogP contribution in [0, 0.1) is 17.1 Å². The van der Waals surface area contributed by atoms with Gasteiger partial charge in [0.25, 0.3) is 5.56 Å². The Morgan fingerprint density at radius 2 is 1.96 bits per heavy atom. The van der Waals surface area contributed by atoms with Gasteiger partial charge in [-0.1, -0.05) is 0 Å². The number of rotatable bonds is 3. The van der Waals surface area contributed by atoms with Crippen LogP contribution in [0.15, 0.2) is 41.3 Å². The molecule has 0 aliphatic heterocycles. The molecule has 0 aliphatic rings. The van der Waals surface area contributed by atoms with Crippen molar-refractivity contribution in [3.63, 3.8) is 0 Å². The van der Waals surface area contributed by atoms with Crippen molar-refractivity contribution in [3.8, 4) is 6.07 Å². The number of amides is 1. The molecule has 0 spiro atoms. The minimum atomic E-state index is -4.65. The highest BCUT2D eigenvalue weighted by Crippen LogP contribution is 2.28. The van der Waals surface area contributed by atoms with Gasteiger partial charge in [-0.3, -0.25) is 9.59 Å². The maximum Gasteiger partial charge on any atom is 0.417 e. The van der Waals surface area contributed by atoms with Crippen molar-refractivity contribution < 1.29 is 22.4 Å². The number of pyridine rings is 1. The lowest BCUT2D eigenvalue weighted by Gasteiger charge is -2.11. The van der Waals surface area contributed by atoms with Crippen molar-refractivity contribution in [3.05, 3.63) is 63.8 Å². The van der Waals surface area contributed by atoms with E-state index in [-0.39, 0.29) is 11.3 Å². The fourth-order valence-electron chi connectivity index (χ4n) is 1.87. The third-order valence-corrected chi connectivity index (χ3v) is 3.00. The highest BCUT2D eigenvalue weighted by atomic mass is 19.4. The van der Waals surface area contributed by atoms with Crippen molar-refractivity contribution in [2.24, 2.45) is 0 Å². The molecule has 0 atom stereocenters. The Kier molecular flexibility index (Phi) is 4.69. The molecule has 1 amide bonds. The number of nitrogens with zero attached hydrogens (tertiary/aromatic N) is 2. The Labute approximate surface area is 132 Å². The van der Waals surface area contributed by atoms with Gasteiger partial charge in [0.2, 0.25) is 5.91 Å². The number of nitriles is 1. The minimum absolute atomic E-state index is 0.0815. The number of hydrogen-bond acceptors (Lipinski definition) is 3. The van der Waals surface area contributed by atoms with Gasteiger partial charge in [-0.05, 0) is 24.3 Å². The van der Waals surface area contributed by atoms with E-state index in [1.165, 1.54) is 6.07 Å². The van der Waals surface area contributed by atoms with Crippen molar-refractivity contribution in [1.82, 2.24) is 4.57 Å². The van der Waals surface area contributed by atoms with Crippen LogP contribution in [0.1, 0.15) is 11.1 Å². The van der Waals surface area contributed by atoms with Crippen LogP contribution in [0.4, 0.5) is 23.2 Å². The Balaban J connectivity index is 2.19. The number of carbonyl (C=O) groups excluding carboxylic acids is 1. The zero-order valence-electron chi connectivity index (χ0n) is 11.9. The van der Waals surface area contributed by atoms with E-state index in [0.717, 1.165) is 12.1 Å². The highest BCUT2D eigenvalue weighted by Gasteiger charge is 2.31. The molecule has 5 nitrogen and oxygen atoms in total. The molecule has 0 bridgehead atoms. The quantitative estimate of drug-likeness (QED) is 0.873. The van der Waals surface area contributed by atoms with Gasteiger partial charge in [-0.25, -0.2) is 4.39 Å². The summed E-state index contributed by atoms with van der Waals surface area (Å²) >= 11 is 0. The van der Waals surface area contributed by atoms with E-state index in [2.05, 4.69) is 5.32 Å². The van der Waals surface area contributed by atoms with Crippen molar-refractivity contribution in [2.45, 2.75) is 12.7 Å². The third kappa shape index (κ3) is 3.98. The largest absolute Gasteiger partial charge is 0.417 e. The molecule has 0 saturated carbocycles. The van der Waals surface area contributed by atoms with Gasteiger partial charge in [0, 0.05) is 18.0 Å². The zero-order chi connectivity index (χ0) is 17.9. The summed E-state index contributed by atoms with van der Waals surface area (Å²) in [6.45, 7) is -0.665. The van der Waals surface area contributed by atoms with E-state index in [4.69, 9.17) is 5.26 Å². The summed E-state index contributed by atoms with van der Waals surface area (Å²) in [5.74, 6) is -1.57. The number of anilines is 1. The van der Waals surface area contributed by atoms with Gasteiger partial charge in [0.1, 0.15) is 18.4 Å². The Bertz CT molecular complexity index is 882. The number of hydrogen-bond donors (Lipinski definition) is 1. The molecule has 124 valence electrons. The van der Waals surface area contributed by atoms with E-state index < -0.39 is 35.6 Å². The van der Waals surface area contributed by atoms with Crippen LogP contribution in [0.2, 0.25) is 0 Å². The average molecular weight is 339 g/mol. The number of benzene rings is 1. The van der Waals surface area contributed by atoms with Crippen LogP contribution in [0.3, 0.4) is 0 Å². The Morgan fingerprint density at radius 3 is 2.58 bits per heavy atom. The zero-order valence-corrected chi connectivity index (χ0v) is 11.9. The molecular formula is C15H9F4N3O2. The summed E-state index contributed by atoms with van der Waals surface area (Å²) in [5, 5.41) is 11.0. The van der Waals surface area contributed by atoms with Gasteiger partial charge in [-0.15, -0.1) is 0 Å². The van der Waals surface area contributed by atoms with Crippen LogP contribution in [-0.2, 0) is 17.5 Å². The fraction of sp³-hybridized carbons (Fsp3) is 0.133. The normalized spacial score (nSPS) is 11.0. The summed E-state index contributed by atoms with van der Waals surface area (Å²) in [6.07, 6.45) is -4.11. The van der Waals surface area contributed by atoms with Crippen LogP contribution in [0.5, 0.6) is 0 Å². The second kappa shape index (κ2) is 6.54. The lowest BCUT2D eigenvalue weighted by atomic mass is 10.2. The predicted octanol–water partition coefficient (Wildman–Crippen LogP) is 2.52. The SMILES string of the molecule is N#Cc1cc(NC(=O)Cn2cc(C(F)(F)F)ccc2=O)ccc1F. The van der Waals surface area contributed by atoms with Crippen molar-refractivity contribution in [1.29, 1.82) is 5.26 Å². The average Bonchev–Trinajstić information content (AvgIpc) is 2.50. The monoisotopic (exact) mass is 339 g/mol. The maximum atomic E-state index is 13.2. The van der Waals surface area contributed by atoms with E-state index in [1.807, 2.05) is 0 Å². The first-order chi connectivity index (χ1) is 11.2. The summed E-state index contributed by atoms with van der Waals surface area (Å²) in [7, 11) is 0. The second-order valence-electron chi connectivity index (χ2n) is 4.74. The van der Waals surface area contributed by atoms with E-state index in [1.54, 1.807) is 6.07 Å². The number of carbonyl (C=O) groups is 1. The standard InChI is InChI=1S/C15H9F4N3O2/c16-12-3-2-11(5-9(12)6-20)21-13(23)8-22-7-10(15(17,18)19)1-4-14(22)24/h1-5,7H,8H2,(H,21,23). The molecule has 1 aromatic heterocycles. The van der Waals surface area contributed by atoms with E-state index in [0.29, 0.717) is 22.9 Å². The fourth-order valence-corrected chi connectivity index (χ4v) is 1.87. The molecule has 0 unspecified atom stereocenters. The van der Waals surface area contributed by atoms with Crippen molar-refractivity contribution in [2.75, 3.05) is 5.32 Å². The molecule has 0 radical (unpaired) electrons. The first-order valence-electron chi connectivity index (χ1n) is 6.48. The molecule has 0 fully saturated rings. The minimum Gasteiger partial charge on any atom is -0.324 e. The molecule has 0 aliphatic carbocycles. The van der Waals surface area contributed by atoms with Crippen LogP contribution >= 0.6 is 0 Å². The van der Waals surface area contributed by atoms with E-state index >= 15 is 0 Å². The molecular weight excluding hydrogens is 330 g/mol. The molecule has 0 saturated heterocycles. The lowest BCUT2D eigenvalue weighted by Crippen LogP contribution is -2.28. The molecule has 2 rings (SSSR count). The van der Waals surface area contributed by atoms with Crippen LogP contribution in [0.25, 0.3) is 0 Å². The molecule has 1 N–H and O–H groups in total. The smallest absolute Gasteiger partial charge is 0.324 e. The van der Waals surface area contributed by atoms with Crippen molar-refractivity contribution >= 4 is 11.6 Å². The number of halogens is 4. The predicted molar refractivity (Wildman–Crippen MR) is 75.4 cm³/mol. The van der Waals surface area contributed by atoms with E-state index in [9.17, 15) is 27.2 Å². The molecule has 1 heterocycles. The summed E-state index contributed by atoms with van der Waals surface area (Å²) in [5.41, 5.74) is -2.07. The number of alkyl halides is 3. The number of nitrogens with one attached hydrogen (secondary N) is 1. The summed E-state index contributed by atoms with van der Waals surface area (Å²) in [6, 6.07) is 6.13. The molecule has 2 aromatic rings. The van der Waals surface area contributed by atoms with Crippen LogP contribution < -0.4 is 10.9 Å². The topological polar surface area (TPSA) is 74.9 Å². The van der Waals surface area contributed by atoms with Crippen LogP contribution in [-0.4, -0.2) is 10.5 Å². The highest BCUT2D eigenvalue weighted by molar-refractivity contribution is 5.90. The third-order valence-electron chi connectivity index (χ3n) is 3.00. The molecule has 1 aromatic carbocycles. The van der Waals surface area contributed by atoms with Gasteiger partial charge in [0.15, 0.2) is 0 Å². The van der Waals surface area contributed by atoms with Gasteiger partial charge < -0.3 is 9.88 Å².